The van der Waals surface area contributed by atoms with Crippen LogP contribution < -0.4 is 16.0 Å². The number of rotatable bonds is 7. The van der Waals surface area contributed by atoms with Crippen LogP contribution in [0, 0.1) is 6.92 Å². The van der Waals surface area contributed by atoms with Gasteiger partial charge in [-0.3, -0.25) is 24.3 Å². The molecule has 4 aromatic rings. The number of aromatic amines is 1. The van der Waals surface area contributed by atoms with E-state index in [4.69, 9.17) is 9.84 Å². The van der Waals surface area contributed by atoms with Crippen molar-refractivity contribution in [2.45, 2.75) is 32.5 Å². The number of H-pyrrole nitrogens is 1. The van der Waals surface area contributed by atoms with Crippen LogP contribution in [-0.4, -0.2) is 36.2 Å². The molecular weight excluding hydrogens is 467 g/mol. The fourth-order valence-electron chi connectivity index (χ4n) is 3.56. The number of nitrogens with one attached hydrogen (secondary N) is 1. The third-order valence-corrected chi connectivity index (χ3v) is 5.19. The molecule has 0 bridgehead atoms. The summed E-state index contributed by atoms with van der Waals surface area (Å²) in [5.74, 6) is 0.533. The maximum Gasteiger partial charge on any atom is 0.433 e. The number of hydrogen-bond donors (Lipinski definition) is 2. The minimum atomic E-state index is -4.59. The molecule has 35 heavy (non-hydrogen) atoms. The quantitative estimate of drug-likeness (QED) is 0.411. The number of hydrogen-bond acceptors (Lipinski definition) is 7. The Hall–Kier alpha value is -4.06. The van der Waals surface area contributed by atoms with E-state index in [2.05, 4.69) is 19.9 Å². The summed E-state index contributed by atoms with van der Waals surface area (Å²) in [5.41, 5.74) is -0.888. The highest BCUT2D eigenvalue weighted by Gasteiger charge is 2.32. The second kappa shape index (κ2) is 9.66. The highest BCUT2D eigenvalue weighted by atomic mass is 19.4. The lowest BCUT2D eigenvalue weighted by Crippen LogP contribution is -2.36. The standard InChI is InChI=1S/C23H20F3N5O4/c1-13-7-15(11-27-9-13)35-17-12-29-20-19(21(33)31(5-2-6-32)22(34)30-20)16(17)8-14-3-4-18(28-10-14)23(24,25)26/h3-4,7,9-12,32H,2,5-6,8H2,1H3,(H,29,30,34). The van der Waals surface area contributed by atoms with Crippen LogP contribution in [0.4, 0.5) is 13.2 Å². The minimum absolute atomic E-state index is 0.00448. The first kappa shape index (κ1) is 24.1. The van der Waals surface area contributed by atoms with E-state index >= 15 is 0 Å². The number of pyridine rings is 3. The van der Waals surface area contributed by atoms with E-state index in [1.165, 1.54) is 18.5 Å². The Labute approximate surface area is 195 Å². The van der Waals surface area contributed by atoms with Crippen LogP contribution in [0.2, 0.25) is 0 Å². The van der Waals surface area contributed by atoms with Crippen LogP contribution in [0.15, 0.2) is 52.6 Å². The van der Waals surface area contributed by atoms with Gasteiger partial charge in [0.05, 0.1) is 17.8 Å². The average molecular weight is 487 g/mol. The van der Waals surface area contributed by atoms with E-state index in [1.54, 1.807) is 12.3 Å². The molecule has 182 valence electrons. The van der Waals surface area contributed by atoms with Crippen molar-refractivity contribution in [1.29, 1.82) is 0 Å². The van der Waals surface area contributed by atoms with Crippen molar-refractivity contribution >= 4 is 11.0 Å². The second-order valence-electron chi connectivity index (χ2n) is 7.81. The van der Waals surface area contributed by atoms with Gasteiger partial charge >= 0.3 is 11.9 Å². The van der Waals surface area contributed by atoms with Gasteiger partial charge < -0.3 is 9.84 Å². The maximum absolute atomic E-state index is 13.3. The highest BCUT2D eigenvalue weighted by molar-refractivity contribution is 5.80. The number of fused-ring (bicyclic) bond motifs is 1. The summed E-state index contributed by atoms with van der Waals surface area (Å²) in [6.07, 6.45) is 1.05. The number of aromatic nitrogens is 5. The van der Waals surface area contributed by atoms with Gasteiger partial charge in [-0.2, -0.15) is 13.2 Å². The molecule has 4 heterocycles. The van der Waals surface area contributed by atoms with Gasteiger partial charge in [-0.05, 0) is 36.6 Å². The highest BCUT2D eigenvalue weighted by Crippen LogP contribution is 2.31. The van der Waals surface area contributed by atoms with E-state index in [-0.39, 0.29) is 42.8 Å². The lowest BCUT2D eigenvalue weighted by atomic mass is 10.0. The molecule has 0 saturated heterocycles. The molecule has 9 nitrogen and oxygen atoms in total. The smallest absolute Gasteiger partial charge is 0.433 e. The van der Waals surface area contributed by atoms with Gasteiger partial charge in [-0.15, -0.1) is 0 Å². The number of aliphatic hydroxyl groups excluding tert-OH is 1. The van der Waals surface area contributed by atoms with Gasteiger partial charge in [0.25, 0.3) is 5.56 Å². The maximum atomic E-state index is 13.3. The molecule has 0 amide bonds. The van der Waals surface area contributed by atoms with Gasteiger partial charge in [0.15, 0.2) is 0 Å². The van der Waals surface area contributed by atoms with Crippen molar-refractivity contribution in [2.75, 3.05) is 6.61 Å². The zero-order valence-electron chi connectivity index (χ0n) is 18.5. The SMILES string of the molecule is Cc1cncc(Oc2cnc3[nH]c(=O)n(CCCO)c(=O)c3c2Cc2ccc(C(F)(F)F)nc2)c1. The first-order valence-electron chi connectivity index (χ1n) is 10.5. The largest absolute Gasteiger partial charge is 0.454 e. The Morgan fingerprint density at radius 1 is 1.11 bits per heavy atom. The second-order valence-corrected chi connectivity index (χ2v) is 7.81. The van der Waals surface area contributed by atoms with E-state index in [0.717, 1.165) is 22.4 Å². The van der Waals surface area contributed by atoms with Crippen molar-refractivity contribution < 1.29 is 23.0 Å². The third kappa shape index (κ3) is 5.22. The molecule has 4 rings (SSSR count). The molecule has 0 aliphatic heterocycles. The molecular formula is C23H20F3N5O4. The summed E-state index contributed by atoms with van der Waals surface area (Å²) < 4.78 is 45.7. The zero-order valence-corrected chi connectivity index (χ0v) is 18.5. The Kier molecular flexibility index (Phi) is 6.65. The molecule has 4 aromatic heterocycles. The van der Waals surface area contributed by atoms with Crippen molar-refractivity contribution in [3.8, 4) is 11.5 Å². The molecule has 2 N–H and O–H groups in total. The fourth-order valence-corrected chi connectivity index (χ4v) is 3.56. The Balaban J connectivity index is 1.88. The number of nitrogens with zero attached hydrogens (tertiary/aromatic N) is 4. The van der Waals surface area contributed by atoms with Gasteiger partial charge in [0, 0.05) is 37.5 Å². The Morgan fingerprint density at radius 3 is 2.57 bits per heavy atom. The van der Waals surface area contributed by atoms with Gasteiger partial charge in [0.1, 0.15) is 22.8 Å². The normalized spacial score (nSPS) is 11.7. The summed E-state index contributed by atoms with van der Waals surface area (Å²) in [6.45, 7) is 1.56. The summed E-state index contributed by atoms with van der Waals surface area (Å²) in [4.78, 5) is 40.0. The molecule has 0 aliphatic rings. The zero-order chi connectivity index (χ0) is 25.2. The number of ether oxygens (including phenoxy) is 1. The number of aliphatic hydroxyl groups is 1. The van der Waals surface area contributed by atoms with E-state index in [0.29, 0.717) is 16.9 Å². The van der Waals surface area contributed by atoms with Gasteiger partial charge in [-0.1, -0.05) is 6.07 Å². The number of aryl methyl sites for hydroxylation is 1. The molecule has 0 radical (unpaired) electrons. The van der Waals surface area contributed by atoms with Crippen LogP contribution >= 0.6 is 0 Å². The van der Waals surface area contributed by atoms with E-state index in [1.807, 2.05) is 6.92 Å². The number of alkyl halides is 3. The molecule has 0 fully saturated rings. The van der Waals surface area contributed by atoms with Crippen molar-refractivity contribution in [1.82, 2.24) is 24.5 Å². The third-order valence-electron chi connectivity index (χ3n) is 5.19. The van der Waals surface area contributed by atoms with Crippen LogP contribution in [-0.2, 0) is 19.1 Å². The molecule has 0 spiro atoms. The monoisotopic (exact) mass is 487 g/mol. The van der Waals surface area contributed by atoms with Crippen LogP contribution in [0.3, 0.4) is 0 Å². The first-order valence-corrected chi connectivity index (χ1v) is 10.5. The molecule has 0 atom stereocenters. The van der Waals surface area contributed by atoms with Crippen LogP contribution in [0.1, 0.15) is 28.8 Å². The number of halogens is 3. The molecule has 12 heteroatoms. The molecule has 0 aromatic carbocycles. The topological polar surface area (TPSA) is 123 Å². The average Bonchev–Trinajstić information content (AvgIpc) is 2.80. The first-order chi connectivity index (χ1) is 16.7. The lowest BCUT2D eigenvalue weighted by molar-refractivity contribution is -0.141. The van der Waals surface area contributed by atoms with E-state index < -0.39 is 23.1 Å². The van der Waals surface area contributed by atoms with Gasteiger partial charge in [-0.25, -0.2) is 9.78 Å². The Morgan fingerprint density at radius 2 is 1.91 bits per heavy atom. The minimum Gasteiger partial charge on any atom is -0.454 e. The van der Waals surface area contributed by atoms with Crippen molar-refractivity contribution in [3.05, 3.63) is 86.2 Å². The summed E-state index contributed by atoms with van der Waals surface area (Å²) in [6, 6.07) is 3.83. The predicted molar refractivity (Wildman–Crippen MR) is 119 cm³/mol. The molecule has 0 saturated carbocycles. The summed E-state index contributed by atoms with van der Waals surface area (Å²) >= 11 is 0. The summed E-state index contributed by atoms with van der Waals surface area (Å²) in [7, 11) is 0. The van der Waals surface area contributed by atoms with E-state index in [9.17, 15) is 22.8 Å². The molecule has 0 aliphatic carbocycles. The summed E-state index contributed by atoms with van der Waals surface area (Å²) in [5, 5.41) is 9.17. The molecule has 0 unspecified atom stereocenters. The van der Waals surface area contributed by atoms with Crippen LogP contribution in [0.5, 0.6) is 11.5 Å². The van der Waals surface area contributed by atoms with Crippen molar-refractivity contribution in [3.63, 3.8) is 0 Å². The lowest BCUT2D eigenvalue weighted by Gasteiger charge is -2.15. The van der Waals surface area contributed by atoms with Crippen LogP contribution in [0.25, 0.3) is 11.0 Å². The van der Waals surface area contributed by atoms with Crippen molar-refractivity contribution in [2.24, 2.45) is 0 Å². The fraction of sp³-hybridized carbons (Fsp3) is 0.261. The van der Waals surface area contributed by atoms with Gasteiger partial charge in [0.2, 0.25) is 0 Å². The predicted octanol–water partition coefficient (Wildman–Crippen LogP) is 2.97. The Bertz CT molecular complexity index is 1480.